The molecular formula is C20H29N5O3. The molecule has 0 fully saturated rings. The third-order valence-electron chi connectivity index (χ3n) is 4.40. The predicted octanol–water partition coefficient (Wildman–Crippen LogP) is 2.08. The second-order valence-corrected chi connectivity index (χ2v) is 6.84. The van der Waals surface area contributed by atoms with Gasteiger partial charge in [-0.05, 0) is 37.5 Å². The monoisotopic (exact) mass is 387 g/mol. The van der Waals surface area contributed by atoms with Crippen LogP contribution in [0, 0.1) is 6.92 Å². The van der Waals surface area contributed by atoms with Crippen LogP contribution in [0.15, 0.2) is 33.9 Å². The van der Waals surface area contributed by atoms with E-state index < -0.39 is 11.2 Å². The molecular weight excluding hydrogens is 358 g/mol. The molecule has 28 heavy (non-hydrogen) atoms. The SMILES string of the molecule is CCCCn1c(N)c(N(CCC)CC(=O)Nc2cccc(C)c2)c(=O)[nH]c1=O. The number of amides is 1. The summed E-state index contributed by atoms with van der Waals surface area (Å²) >= 11 is 0. The predicted molar refractivity (Wildman–Crippen MR) is 113 cm³/mol. The molecule has 2 aromatic rings. The first-order valence-corrected chi connectivity index (χ1v) is 9.61. The Morgan fingerprint density at radius 3 is 2.64 bits per heavy atom. The number of nitrogen functional groups attached to an aromatic ring is 1. The van der Waals surface area contributed by atoms with Crippen LogP contribution >= 0.6 is 0 Å². The van der Waals surface area contributed by atoms with Gasteiger partial charge in [-0.2, -0.15) is 0 Å². The summed E-state index contributed by atoms with van der Waals surface area (Å²) in [6.45, 7) is 6.73. The minimum absolute atomic E-state index is 0.0406. The molecule has 1 aromatic heterocycles. The lowest BCUT2D eigenvalue weighted by molar-refractivity contribution is -0.115. The highest BCUT2D eigenvalue weighted by molar-refractivity contribution is 5.94. The molecule has 1 amide bonds. The second kappa shape index (κ2) is 9.77. The van der Waals surface area contributed by atoms with Crippen molar-refractivity contribution in [2.75, 3.05) is 29.0 Å². The fraction of sp³-hybridized carbons (Fsp3) is 0.450. The first-order valence-electron chi connectivity index (χ1n) is 9.61. The molecule has 0 saturated carbocycles. The van der Waals surface area contributed by atoms with Crippen molar-refractivity contribution in [2.24, 2.45) is 0 Å². The molecule has 0 bridgehead atoms. The largest absolute Gasteiger partial charge is 0.383 e. The standard InChI is InChI=1S/C20H29N5O3/c1-4-6-11-25-18(21)17(19(27)23-20(25)28)24(10-5-2)13-16(26)22-15-9-7-8-14(3)12-15/h7-9,12H,4-6,10-11,13,21H2,1-3H3,(H,22,26)(H,23,27,28). The average molecular weight is 387 g/mol. The Morgan fingerprint density at radius 1 is 1.25 bits per heavy atom. The summed E-state index contributed by atoms with van der Waals surface area (Å²) in [5.74, 6) is -0.164. The van der Waals surface area contributed by atoms with Crippen LogP contribution in [0.5, 0.6) is 0 Å². The van der Waals surface area contributed by atoms with Crippen molar-refractivity contribution < 1.29 is 4.79 Å². The number of benzene rings is 1. The van der Waals surface area contributed by atoms with E-state index in [0.717, 1.165) is 18.4 Å². The van der Waals surface area contributed by atoms with E-state index in [4.69, 9.17) is 5.73 Å². The quantitative estimate of drug-likeness (QED) is 0.610. The van der Waals surface area contributed by atoms with Gasteiger partial charge < -0.3 is 16.0 Å². The van der Waals surface area contributed by atoms with Gasteiger partial charge in [0.1, 0.15) is 11.5 Å². The van der Waals surface area contributed by atoms with Gasteiger partial charge in [0.05, 0.1) is 6.54 Å². The number of nitrogens with one attached hydrogen (secondary N) is 2. The molecule has 0 unspecified atom stereocenters. The molecule has 152 valence electrons. The van der Waals surface area contributed by atoms with Gasteiger partial charge in [0, 0.05) is 18.8 Å². The fourth-order valence-electron chi connectivity index (χ4n) is 3.06. The van der Waals surface area contributed by atoms with Crippen molar-refractivity contribution in [2.45, 2.75) is 46.6 Å². The maximum absolute atomic E-state index is 12.6. The Kier molecular flexibility index (Phi) is 7.43. The minimum atomic E-state index is -0.577. The molecule has 2 rings (SSSR count). The van der Waals surface area contributed by atoms with Crippen molar-refractivity contribution in [1.82, 2.24) is 9.55 Å². The highest BCUT2D eigenvalue weighted by atomic mass is 16.2. The van der Waals surface area contributed by atoms with E-state index in [0.29, 0.717) is 25.2 Å². The summed E-state index contributed by atoms with van der Waals surface area (Å²) < 4.78 is 1.36. The van der Waals surface area contributed by atoms with Crippen molar-refractivity contribution in [1.29, 1.82) is 0 Å². The van der Waals surface area contributed by atoms with Gasteiger partial charge in [0.15, 0.2) is 0 Å². The number of rotatable bonds is 9. The average Bonchev–Trinajstić information content (AvgIpc) is 2.61. The van der Waals surface area contributed by atoms with Crippen LogP contribution in [0.3, 0.4) is 0 Å². The van der Waals surface area contributed by atoms with E-state index >= 15 is 0 Å². The van der Waals surface area contributed by atoms with Crippen molar-refractivity contribution in [3.8, 4) is 0 Å². The zero-order valence-electron chi connectivity index (χ0n) is 16.7. The summed E-state index contributed by atoms with van der Waals surface area (Å²) in [6.07, 6.45) is 2.36. The van der Waals surface area contributed by atoms with Crippen LogP contribution in [0.1, 0.15) is 38.7 Å². The molecule has 1 heterocycles. The number of nitrogens with two attached hydrogens (primary N) is 1. The molecule has 4 N–H and O–H groups in total. The molecule has 0 atom stereocenters. The molecule has 8 heteroatoms. The lowest BCUT2D eigenvalue weighted by atomic mass is 10.2. The summed E-state index contributed by atoms with van der Waals surface area (Å²) in [5.41, 5.74) is 6.96. The number of aromatic nitrogens is 2. The van der Waals surface area contributed by atoms with Crippen LogP contribution < -0.4 is 27.2 Å². The Balaban J connectivity index is 2.31. The maximum atomic E-state index is 12.6. The van der Waals surface area contributed by atoms with Gasteiger partial charge >= 0.3 is 5.69 Å². The van der Waals surface area contributed by atoms with Crippen LogP contribution in [-0.2, 0) is 11.3 Å². The van der Waals surface area contributed by atoms with Gasteiger partial charge in [0.2, 0.25) is 5.91 Å². The summed E-state index contributed by atoms with van der Waals surface area (Å²) in [6, 6.07) is 7.48. The van der Waals surface area contributed by atoms with E-state index in [1.165, 1.54) is 4.57 Å². The smallest absolute Gasteiger partial charge is 0.330 e. The minimum Gasteiger partial charge on any atom is -0.383 e. The molecule has 0 saturated heterocycles. The summed E-state index contributed by atoms with van der Waals surface area (Å²) in [7, 11) is 0. The number of nitrogens with zero attached hydrogens (tertiary/aromatic N) is 2. The lowest BCUT2D eigenvalue weighted by Gasteiger charge is -2.25. The molecule has 0 spiro atoms. The van der Waals surface area contributed by atoms with Gasteiger partial charge in [-0.15, -0.1) is 0 Å². The first-order chi connectivity index (χ1) is 13.4. The molecule has 0 aliphatic rings. The Morgan fingerprint density at radius 2 is 2.00 bits per heavy atom. The van der Waals surface area contributed by atoms with Gasteiger partial charge in [-0.1, -0.05) is 32.4 Å². The Labute approximate surface area is 164 Å². The third-order valence-corrected chi connectivity index (χ3v) is 4.40. The van der Waals surface area contributed by atoms with Crippen molar-refractivity contribution in [3.63, 3.8) is 0 Å². The highest BCUT2D eigenvalue weighted by Gasteiger charge is 2.20. The summed E-state index contributed by atoms with van der Waals surface area (Å²) in [5, 5.41) is 2.84. The number of anilines is 3. The Hall–Kier alpha value is -3.03. The number of carbonyl (C=O) groups is 1. The van der Waals surface area contributed by atoms with E-state index in [9.17, 15) is 14.4 Å². The van der Waals surface area contributed by atoms with E-state index in [2.05, 4.69) is 10.3 Å². The lowest BCUT2D eigenvalue weighted by Crippen LogP contribution is -2.41. The Bertz CT molecular complexity index is 932. The normalized spacial score (nSPS) is 10.7. The fourth-order valence-corrected chi connectivity index (χ4v) is 3.06. The number of aryl methyl sites for hydroxylation is 1. The van der Waals surface area contributed by atoms with Gasteiger partial charge in [-0.3, -0.25) is 19.1 Å². The highest BCUT2D eigenvalue weighted by Crippen LogP contribution is 2.18. The maximum Gasteiger partial charge on any atom is 0.330 e. The number of H-pyrrole nitrogens is 1. The third kappa shape index (κ3) is 5.25. The molecule has 1 aromatic carbocycles. The van der Waals surface area contributed by atoms with Crippen molar-refractivity contribution >= 4 is 23.1 Å². The second-order valence-electron chi connectivity index (χ2n) is 6.84. The molecule has 0 aliphatic carbocycles. The van der Waals surface area contributed by atoms with E-state index in [1.54, 1.807) is 11.0 Å². The number of carbonyl (C=O) groups excluding carboxylic acids is 1. The van der Waals surface area contributed by atoms with Gasteiger partial charge in [-0.25, -0.2) is 4.79 Å². The van der Waals surface area contributed by atoms with E-state index in [-0.39, 0.29) is 24.0 Å². The molecule has 8 nitrogen and oxygen atoms in total. The van der Waals surface area contributed by atoms with Crippen LogP contribution in [0.25, 0.3) is 0 Å². The number of hydrogen-bond acceptors (Lipinski definition) is 5. The molecule has 0 radical (unpaired) electrons. The summed E-state index contributed by atoms with van der Waals surface area (Å²) in [4.78, 5) is 41.1. The van der Waals surface area contributed by atoms with Gasteiger partial charge in [0.25, 0.3) is 5.56 Å². The number of hydrogen-bond donors (Lipinski definition) is 3. The van der Waals surface area contributed by atoms with Crippen molar-refractivity contribution in [3.05, 3.63) is 50.7 Å². The molecule has 0 aliphatic heterocycles. The van der Waals surface area contributed by atoms with Crippen LogP contribution in [0.2, 0.25) is 0 Å². The van der Waals surface area contributed by atoms with E-state index in [1.807, 2.05) is 39.0 Å². The zero-order valence-corrected chi connectivity index (χ0v) is 16.7. The topological polar surface area (TPSA) is 113 Å². The first kappa shape index (κ1) is 21.3. The zero-order chi connectivity index (χ0) is 20.7. The number of unbranched alkanes of at least 4 members (excludes halogenated alkanes) is 1. The van der Waals surface area contributed by atoms with Crippen LogP contribution in [0.4, 0.5) is 17.2 Å². The van der Waals surface area contributed by atoms with Crippen LogP contribution in [-0.4, -0.2) is 28.5 Å². The number of aromatic amines is 1.